The number of benzene rings is 1. The minimum atomic E-state index is -3.71. The van der Waals surface area contributed by atoms with Gasteiger partial charge in [-0.25, -0.2) is 13.4 Å². The number of nitrogens with zero attached hydrogens (tertiary/aromatic N) is 1. The number of carbonyl (C=O) groups is 1. The van der Waals surface area contributed by atoms with Gasteiger partial charge in [0.25, 0.3) is 10.0 Å². The van der Waals surface area contributed by atoms with Crippen LogP contribution in [-0.4, -0.2) is 19.2 Å². The maximum atomic E-state index is 12.7. The fourth-order valence-electron chi connectivity index (χ4n) is 6.03. The number of hydrogen-bond donors (Lipinski definition) is 1. The Bertz CT molecular complexity index is 989. The quantitative estimate of drug-likeness (QED) is 0.722. The Morgan fingerprint density at radius 2 is 1.64 bits per heavy atom. The van der Waals surface area contributed by atoms with Gasteiger partial charge in [0.15, 0.2) is 10.9 Å². The van der Waals surface area contributed by atoms with Crippen molar-refractivity contribution >= 4 is 32.3 Å². The average molecular weight is 417 g/mol. The number of nitrogens with one attached hydrogen (secondary N) is 1. The normalized spacial score (nSPS) is 31.1. The Kier molecular flexibility index (Phi) is 4.18. The van der Waals surface area contributed by atoms with Crippen LogP contribution in [0.1, 0.15) is 61.5 Å². The second-order valence-electron chi connectivity index (χ2n) is 8.92. The third kappa shape index (κ3) is 3.08. The molecule has 1 aromatic carbocycles. The lowest BCUT2D eigenvalue weighted by molar-refractivity contribution is -0.00688. The van der Waals surface area contributed by atoms with Crippen LogP contribution >= 0.6 is 11.3 Å². The van der Waals surface area contributed by atoms with Gasteiger partial charge in [-0.15, -0.1) is 11.3 Å². The van der Waals surface area contributed by atoms with E-state index in [9.17, 15) is 13.2 Å². The predicted molar refractivity (Wildman–Crippen MR) is 109 cm³/mol. The summed E-state index contributed by atoms with van der Waals surface area (Å²) in [4.78, 5) is 16.3. The van der Waals surface area contributed by atoms with Gasteiger partial charge in [0.2, 0.25) is 0 Å². The van der Waals surface area contributed by atoms with Crippen molar-refractivity contribution in [2.45, 2.75) is 55.8 Å². The van der Waals surface area contributed by atoms with E-state index in [1.807, 2.05) is 0 Å². The van der Waals surface area contributed by atoms with Gasteiger partial charge in [-0.2, -0.15) is 0 Å². The summed E-state index contributed by atoms with van der Waals surface area (Å²) in [6, 6.07) is 6.01. The van der Waals surface area contributed by atoms with E-state index in [0.29, 0.717) is 10.7 Å². The molecule has 7 heteroatoms. The highest BCUT2D eigenvalue weighted by atomic mass is 32.2. The Morgan fingerprint density at radius 3 is 2.18 bits per heavy atom. The lowest BCUT2D eigenvalue weighted by atomic mass is 9.49. The predicted octanol–water partition coefficient (Wildman–Crippen LogP) is 4.61. The summed E-state index contributed by atoms with van der Waals surface area (Å²) >= 11 is 1.37. The molecule has 0 atom stereocenters. The van der Waals surface area contributed by atoms with Crippen molar-refractivity contribution in [3.05, 3.63) is 40.9 Å². The molecular weight excluding hydrogens is 392 g/mol. The fourth-order valence-corrected chi connectivity index (χ4v) is 8.12. The zero-order valence-electron chi connectivity index (χ0n) is 15.8. The number of sulfonamides is 1. The number of rotatable bonds is 5. The first kappa shape index (κ1) is 18.3. The summed E-state index contributed by atoms with van der Waals surface area (Å²) in [5, 5.41) is 2.49. The molecule has 5 nitrogen and oxygen atoms in total. The van der Waals surface area contributed by atoms with E-state index >= 15 is 0 Å². The topological polar surface area (TPSA) is 76.1 Å². The maximum Gasteiger partial charge on any atom is 0.263 e. The number of thiazole rings is 1. The molecule has 0 unspecified atom stereocenters. The van der Waals surface area contributed by atoms with Crippen molar-refractivity contribution < 1.29 is 13.2 Å². The molecule has 6 rings (SSSR count). The molecule has 4 aliphatic carbocycles. The largest absolute Gasteiger partial charge is 0.295 e. The molecule has 148 valence electrons. The first-order chi connectivity index (χ1) is 13.3. The summed E-state index contributed by atoms with van der Waals surface area (Å²) in [6.07, 6.45) is 7.75. The number of anilines is 1. The fraction of sp³-hybridized carbons (Fsp3) is 0.524. The summed E-state index contributed by atoms with van der Waals surface area (Å²) in [6.45, 7) is 1.46. The van der Waals surface area contributed by atoms with Gasteiger partial charge in [0.1, 0.15) is 0 Å². The third-order valence-corrected chi connectivity index (χ3v) is 9.12. The molecule has 1 heterocycles. The van der Waals surface area contributed by atoms with Gasteiger partial charge in [-0.3, -0.25) is 9.52 Å². The van der Waals surface area contributed by atoms with Gasteiger partial charge in [0, 0.05) is 16.4 Å². The van der Waals surface area contributed by atoms with Crippen molar-refractivity contribution in [1.29, 1.82) is 0 Å². The molecule has 0 aliphatic heterocycles. The Balaban J connectivity index is 1.37. The van der Waals surface area contributed by atoms with Gasteiger partial charge in [-0.05, 0) is 75.3 Å². The molecule has 4 aliphatic rings. The Morgan fingerprint density at radius 1 is 1.07 bits per heavy atom. The number of hydrogen-bond acceptors (Lipinski definition) is 5. The first-order valence-electron chi connectivity index (χ1n) is 9.93. The van der Waals surface area contributed by atoms with Gasteiger partial charge >= 0.3 is 0 Å². The third-order valence-electron chi connectivity index (χ3n) is 6.88. The number of Topliss-reactive ketones (excluding diaryl/α,β-unsaturated/α-hetero) is 1. The summed E-state index contributed by atoms with van der Waals surface area (Å²) in [7, 11) is -3.71. The molecule has 0 spiro atoms. The zero-order chi connectivity index (χ0) is 19.5. The molecule has 0 saturated heterocycles. The van der Waals surface area contributed by atoms with E-state index in [-0.39, 0.29) is 16.1 Å². The molecule has 28 heavy (non-hydrogen) atoms. The van der Waals surface area contributed by atoms with Crippen molar-refractivity contribution in [3.8, 4) is 0 Å². The number of carbonyl (C=O) groups excluding carboxylic acids is 1. The number of ketones is 1. The van der Waals surface area contributed by atoms with Crippen molar-refractivity contribution in [2.75, 3.05) is 4.72 Å². The van der Waals surface area contributed by atoms with E-state index in [1.54, 1.807) is 12.1 Å². The van der Waals surface area contributed by atoms with Gasteiger partial charge < -0.3 is 0 Å². The monoisotopic (exact) mass is 416 g/mol. The summed E-state index contributed by atoms with van der Waals surface area (Å²) < 4.78 is 28.1. The SMILES string of the molecule is CC(=O)c1ccc(S(=O)(=O)Nc2nc(C34CC5CC(CC(C5)C3)C4)cs2)cc1. The van der Waals surface area contributed by atoms with Crippen LogP contribution in [0.2, 0.25) is 0 Å². The standard InChI is InChI=1S/C21H24N2O3S2/c1-13(24)17-2-4-18(5-3-17)28(25,26)23-20-22-19(12-27-20)21-9-14-6-15(10-21)8-16(7-14)11-21/h2-5,12,14-16H,6-11H2,1H3,(H,22,23). The Hall–Kier alpha value is -1.73. The van der Waals surface area contributed by atoms with Crippen LogP contribution in [0.3, 0.4) is 0 Å². The van der Waals surface area contributed by atoms with Gasteiger partial charge in [-0.1, -0.05) is 12.1 Å². The highest BCUT2D eigenvalue weighted by molar-refractivity contribution is 7.93. The van der Waals surface area contributed by atoms with E-state index in [1.165, 1.54) is 68.9 Å². The van der Waals surface area contributed by atoms with E-state index in [4.69, 9.17) is 4.98 Å². The van der Waals surface area contributed by atoms with Crippen LogP contribution in [0.5, 0.6) is 0 Å². The van der Waals surface area contributed by atoms with Crippen LogP contribution in [0.15, 0.2) is 34.5 Å². The molecule has 0 radical (unpaired) electrons. The van der Waals surface area contributed by atoms with Crippen molar-refractivity contribution in [2.24, 2.45) is 17.8 Å². The molecule has 2 aromatic rings. The molecule has 4 saturated carbocycles. The number of aromatic nitrogens is 1. The lowest BCUT2D eigenvalue weighted by Crippen LogP contribution is -2.48. The second kappa shape index (κ2) is 6.39. The van der Waals surface area contributed by atoms with E-state index < -0.39 is 10.0 Å². The Labute approximate surface area is 169 Å². The molecule has 4 bridgehead atoms. The molecule has 1 aromatic heterocycles. The van der Waals surface area contributed by atoms with Crippen LogP contribution in [-0.2, 0) is 15.4 Å². The van der Waals surface area contributed by atoms with Gasteiger partial charge in [0.05, 0.1) is 10.6 Å². The van der Waals surface area contributed by atoms with Crippen LogP contribution in [0.25, 0.3) is 0 Å². The van der Waals surface area contributed by atoms with Crippen molar-refractivity contribution in [1.82, 2.24) is 4.98 Å². The zero-order valence-corrected chi connectivity index (χ0v) is 17.5. The minimum Gasteiger partial charge on any atom is -0.295 e. The average Bonchev–Trinajstić information content (AvgIpc) is 3.09. The highest BCUT2D eigenvalue weighted by Gasteiger charge is 2.52. The minimum absolute atomic E-state index is 0.0861. The lowest BCUT2D eigenvalue weighted by Gasteiger charge is -2.56. The summed E-state index contributed by atoms with van der Waals surface area (Å²) in [5.41, 5.74) is 1.75. The molecule has 1 N–H and O–H groups in total. The summed E-state index contributed by atoms with van der Waals surface area (Å²) in [5.74, 6) is 2.39. The molecule has 0 amide bonds. The second-order valence-corrected chi connectivity index (χ2v) is 11.5. The van der Waals surface area contributed by atoms with Crippen LogP contribution in [0, 0.1) is 17.8 Å². The van der Waals surface area contributed by atoms with Crippen molar-refractivity contribution in [3.63, 3.8) is 0 Å². The van der Waals surface area contributed by atoms with E-state index in [2.05, 4.69) is 10.1 Å². The molecule has 4 fully saturated rings. The molecular formula is C21H24N2O3S2. The van der Waals surface area contributed by atoms with E-state index in [0.717, 1.165) is 23.4 Å². The highest BCUT2D eigenvalue weighted by Crippen LogP contribution is 2.60. The van der Waals surface area contributed by atoms with Crippen LogP contribution in [0.4, 0.5) is 5.13 Å². The first-order valence-corrected chi connectivity index (χ1v) is 12.3. The van der Waals surface area contributed by atoms with Crippen LogP contribution < -0.4 is 4.72 Å². The maximum absolute atomic E-state index is 12.7. The smallest absolute Gasteiger partial charge is 0.263 e.